The maximum absolute atomic E-state index is 14.9. The van der Waals surface area contributed by atoms with Crippen LogP contribution in [-0.4, -0.2) is 59.3 Å². The number of aliphatic hydroxyl groups excluding tert-OH is 1. The zero-order valence-electron chi connectivity index (χ0n) is 18.9. The maximum Gasteiger partial charge on any atom is 0.255 e. The second-order valence-corrected chi connectivity index (χ2v) is 8.23. The largest absolute Gasteiger partial charge is 0.436 e. The molecule has 0 aliphatic carbocycles. The van der Waals surface area contributed by atoms with Crippen molar-refractivity contribution in [1.29, 1.82) is 0 Å². The number of rotatable bonds is 8. The molecule has 5 rings (SSSR count). The Morgan fingerprint density at radius 1 is 1.20 bits per heavy atom. The van der Waals surface area contributed by atoms with E-state index >= 15 is 0 Å². The number of pyridine rings is 1. The highest BCUT2D eigenvalue weighted by Gasteiger charge is 2.20. The summed E-state index contributed by atoms with van der Waals surface area (Å²) in [5.41, 5.74) is 7.72. The van der Waals surface area contributed by atoms with E-state index in [1.165, 1.54) is 10.9 Å². The van der Waals surface area contributed by atoms with Crippen LogP contribution in [-0.2, 0) is 11.3 Å². The van der Waals surface area contributed by atoms with Crippen molar-refractivity contribution in [3.63, 3.8) is 0 Å². The molecule has 1 aliphatic rings. The molecule has 1 aromatic carbocycles. The zero-order chi connectivity index (χ0) is 24.2. The monoisotopic (exact) mass is 480 g/mol. The third-order valence-corrected chi connectivity index (χ3v) is 5.61. The third-order valence-electron chi connectivity index (χ3n) is 5.61. The predicted molar refractivity (Wildman–Crippen MR) is 123 cm³/mol. The summed E-state index contributed by atoms with van der Waals surface area (Å²) in [6, 6.07) is 9.53. The van der Waals surface area contributed by atoms with E-state index in [9.17, 15) is 4.39 Å². The van der Waals surface area contributed by atoms with E-state index in [4.69, 9.17) is 20.3 Å². The van der Waals surface area contributed by atoms with Crippen LogP contribution in [0.2, 0.25) is 0 Å². The van der Waals surface area contributed by atoms with Gasteiger partial charge < -0.3 is 20.3 Å². The molecule has 0 radical (unpaired) electrons. The van der Waals surface area contributed by atoms with Gasteiger partial charge in [0.25, 0.3) is 5.88 Å². The first-order valence-corrected chi connectivity index (χ1v) is 11.3. The van der Waals surface area contributed by atoms with Crippen LogP contribution in [0.5, 0.6) is 11.6 Å². The van der Waals surface area contributed by atoms with Gasteiger partial charge in [0, 0.05) is 36.2 Å². The second-order valence-electron chi connectivity index (χ2n) is 8.23. The molecule has 1 fully saturated rings. The van der Waals surface area contributed by atoms with Gasteiger partial charge in [0.1, 0.15) is 5.75 Å². The van der Waals surface area contributed by atoms with Crippen molar-refractivity contribution in [1.82, 2.24) is 35.0 Å². The molecule has 12 heteroatoms. The van der Waals surface area contributed by atoms with Crippen LogP contribution in [0.25, 0.3) is 22.6 Å². The molecule has 0 bridgehead atoms. The predicted octanol–water partition coefficient (Wildman–Crippen LogP) is 2.55. The summed E-state index contributed by atoms with van der Waals surface area (Å²) in [7, 11) is 0. The summed E-state index contributed by atoms with van der Waals surface area (Å²) in [5, 5.41) is 25.6. The van der Waals surface area contributed by atoms with Crippen LogP contribution in [0.4, 0.5) is 4.39 Å². The highest BCUT2D eigenvalue weighted by atomic mass is 19.1. The van der Waals surface area contributed by atoms with E-state index in [0.717, 1.165) is 25.0 Å². The molecule has 182 valence electrons. The van der Waals surface area contributed by atoms with Gasteiger partial charge in [-0.25, -0.2) is 14.1 Å². The van der Waals surface area contributed by atoms with Gasteiger partial charge in [0.05, 0.1) is 18.8 Å². The van der Waals surface area contributed by atoms with Crippen LogP contribution in [0.3, 0.4) is 0 Å². The Morgan fingerprint density at radius 3 is 2.80 bits per heavy atom. The van der Waals surface area contributed by atoms with E-state index < -0.39 is 11.9 Å². The fourth-order valence-corrected chi connectivity index (χ4v) is 3.82. The minimum atomic E-state index is -0.589. The standard InChI is InChI=1S/C23H25FN8O3/c24-19-11-16(20-8-9-27-32(20)21-3-1-2-10-34-21)12-26-23(19)35-18-6-4-15(5-7-18)22-28-30-31(29-22)13-17(25)14-33/h4-9,11-12,17,21,33H,1-3,10,13-14,25H2/t17-,21?/m0/s1. The van der Waals surface area contributed by atoms with Crippen LogP contribution >= 0.6 is 0 Å². The van der Waals surface area contributed by atoms with E-state index in [1.54, 1.807) is 41.3 Å². The van der Waals surface area contributed by atoms with Crippen molar-refractivity contribution in [3.05, 3.63) is 54.6 Å². The van der Waals surface area contributed by atoms with Crippen LogP contribution in [0.1, 0.15) is 25.5 Å². The number of hydrogen-bond donors (Lipinski definition) is 2. The lowest BCUT2D eigenvalue weighted by Crippen LogP contribution is -2.30. The highest BCUT2D eigenvalue weighted by Crippen LogP contribution is 2.31. The normalized spacial score (nSPS) is 16.8. The first-order chi connectivity index (χ1) is 17.1. The second kappa shape index (κ2) is 10.3. The molecule has 3 N–H and O–H groups in total. The van der Waals surface area contributed by atoms with E-state index in [-0.39, 0.29) is 25.3 Å². The van der Waals surface area contributed by atoms with E-state index in [0.29, 0.717) is 29.3 Å². The maximum atomic E-state index is 14.9. The summed E-state index contributed by atoms with van der Waals surface area (Å²) >= 11 is 0. The van der Waals surface area contributed by atoms with Gasteiger partial charge in [-0.2, -0.15) is 9.90 Å². The van der Waals surface area contributed by atoms with Gasteiger partial charge in [0.15, 0.2) is 12.0 Å². The van der Waals surface area contributed by atoms with Gasteiger partial charge in [-0.1, -0.05) is 0 Å². The summed E-state index contributed by atoms with van der Waals surface area (Å²) in [6.45, 7) is 0.766. The van der Waals surface area contributed by atoms with Crippen molar-refractivity contribution < 1.29 is 19.0 Å². The Hall–Kier alpha value is -3.74. The summed E-state index contributed by atoms with van der Waals surface area (Å²) in [4.78, 5) is 5.51. The molecule has 2 atom stereocenters. The highest BCUT2D eigenvalue weighted by molar-refractivity contribution is 5.59. The fraction of sp³-hybridized carbons (Fsp3) is 0.348. The molecule has 35 heavy (non-hydrogen) atoms. The first kappa shape index (κ1) is 23.0. The number of aliphatic hydroxyl groups is 1. The number of hydrogen-bond acceptors (Lipinski definition) is 9. The molecule has 0 spiro atoms. The minimum Gasteiger partial charge on any atom is -0.436 e. The molecule has 0 amide bonds. The quantitative estimate of drug-likeness (QED) is 0.389. The van der Waals surface area contributed by atoms with Crippen molar-refractivity contribution in [2.45, 2.75) is 38.1 Å². The minimum absolute atomic E-state index is 0.136. The Bertz CT molecular complexity index is 1270. The number of nitrogens with zero attached hydrogens (tertiary/aromatic N) is 7. The summed E-state index contributed by atoms with van der Waals surface area (Å²) < 4.78 is 28.1. The van der Waals surface area contributed by atoms with E-state index in [1.807, 2.05) is 6.07 Å². The smallest absolute Gasteiger partial charge is 0.255 e. The zero-order valence-corrected chi connectivity index (χ0v) is 18.9. The molecule has 4 aromatic rings. The van der Waals surface area contributed by atoms with Crippen molar-refractivity contribution in [2.24, 2.45) is 5.73 Å². The molecule has 1 unspecified atom stereocenters. The number of aromatic nitrogens is 7. The molecule has 11 nitrogen and oxygen atoms in total. The molecule has 4 heterocycles. The molecular formula is C23H25FN8O3. The van der Waals surface area contributed by atoms with Gasteiger partial charge >= 0.3 is 0 Å². The Labute approximate surface area is 200 Å². The Balaban J connectivity index is 1.28. The van der Waals surface area contributed by atoms with Crippen molar-refractivity contribution in [3.8, 4) is 34.3 Å². The fourth-order valence-electron chi connectivity index (χ4n) is 3.82. The molecular weight excluding hydrogens is 455 g/mol. The molecule has 0 saturated carbocycles. The topological polar surface area (TPSA) is 139 Å². The number of tetrazole rings is 1. The Kier molecular flexibility index (Phi) is 6.75. The van der Waals surface area contributed by atoms with E-state index in [2.05, 4.69) is 25.5 Å². The van der Waals surface area contributed by atoms with Crippen molar-refractivity contribution in [2.75, 3.05) is 13.2 Å². The number of benzene rings is 1. The van der Waals surface area contributed by atoms with Crippen LogP contribution in [0.15, 0.2) is 48.8 Å². The summed E-state index contributed by atoms with van der Waals surface area (Å²) in [5.74, 6) is 0.0782. The number of nitrogens with two attached hydrogens (primary N) is 1. The molecule has 1 saturated heterocycles. The van der Waals surface area contributed by atoms with Gasteiger partial charge in [-0.05, 0) is 60.9 Å². The van der Waals surface area contributed by atoms with Gasteiger partial charge in [0.2, 0.25) is 5.82 Å². The molecule has 1 aliphatic heterocycles. The van der Waals surface area contributed by atoms with Crippen LogP contribution in [0, 0.1) is 5.82 Å². The lowest BCUT2D eigenvalue weighted by Gasteiger charge is -2.24. The lowest BCUT2D eigenvalue weighted by molar-refractivity contribution is -0.0383. The number of ether oxygens (including phenoxy) is 2. The lowest BCUT2D eigenvalue weighted by atomic mass is 10.1. The van der Waals surface area contributed by atoms with Crippen LogP contribution < -0.4 is 10.5 Å². The van der Waals surface area contributed by atoms with Crippen molar-refractivity contribution >= 4 is 0 Å². The molecule has 3 aromatic heterocycles. The first-order valence-electron chi connectivity index (χ1n) is 11.3. The van der Waals surface area contributed by atoms with Gasteiger partial charge in [-0.3, -0.25) is 0 Å². The van der Waals surface area contributed by atoms with Gasteiger partial charge in [-0.15, -0.1) is 10.2 Å². The Morgan fingerprint density at radius 2 is 2.06 bits per heavy atom. The average molecular weight is 481 g/mol. The SMILES string of the molecule is N[C@H](CO)Cn1nnc(-c2ccc(Oc3ncc(-c4ccnn4C4CCCCO4)cc3F)cc2)n1. The number of halogens is 1. The average Bonchev–Trinajstić information content (AvgIpc) is 3.56. The third kappa shape index (κ3) is 5.19. The summed E-state index contributed by atoms with van der Waals surface area (Å²) in [6.07, 6.45) is 6.03.